The fourth-order valence-corrected chi connectivity index (χ4v) is 2.91. The van der Waals surface area contributed by atoms with Crippen molar-refractivity contribution >= 4 is 22.6 Å². The molecule has 1 amide bonds. The van der Waals surface area contributed by atoms with Crippen LogP contribution in [0.2, 0.25) is 0 Å². The quantitative estimate of drug-likeness (QED) is 0.571. The number of benzene rings is 1. The standard InChI is InChI=1S/C18H16N6O3/c1-10-12(11(2)27-23-10)7-16(25)22-14-5-3-4-6-15(14)24-17-13(8-21-24)18(26)20-9-19-17/h3-6,8-9H,7H2,1-2H3,(H,22,25)(H,19,20,26). The average Bonchev–Trinajstić information content (AvgIpc) is 3.22. The molecule has 4 aromatic rings. The number of carbonyl (C=O) groups is 1. The summed E-state index contributed by atoms with van der Waals surface area (Å²) in [7, 11) is 0. The number of hydrogen-bond acceptors (Lipinski definition) is 6. The number of para-hydroxylation sites is 2. The number of anilines is 1. The van der Waals surface area contributed by atoms with Crippen LogP contribution in [-0.4, -0.2) is 30.8 Å². The minimum Gasteiger partial charge on any atom is -0.361 e. The molecule has 0 aliphatic heterocycles. The molecule has 0 saturated heterocycles. The molecule has 9 heteroatoms. The lowest BCUT2D eigenvalue weighted by Gasteiger charge is -2.11. The van der Waals surface area contributed by atoms with Crippen LogP contribution in [0.1, 0.15) is 17.0 Å². The third-order valence-corrected chi connectivity index (χ3v) is 4.30. The minimum absolute atomic E-state index is 0.146. The molecule has 0 radical (unpaired) electrons. The topological polar surface area (TPSA) is 119 Å². The summed E-state index contributed by atoms with van der Waals surface area (Å²) < 4.78 is 6.63. The van der Waals surface area contributed by atoms with E-state index in [1.807, 2.05) is 6.07 Å². The van der Waals surface area contributed by atoms with E-state index < -0.39 is 0 Å². The van der Waals surface area contributed by atoms with Crippen molar-refractivity contribution in [2.24, 2.45) is 0 Å². The molecule has 0 fully saturated rings. The third kappa shape index (κ3) is 2.99. The van der Waals surface area contributed by atoms with Gasteiger partial charge in [0.15, 0.2) is 5.65 Å². The summed E-state index contributed by atoms with van der Waals surface area (Å²) in [4.78, 5) is 31.1. The van der Waals surface area contributed by atoms with E-state index in [1.54, 1.807) is 32.0 Å². The first-order chi connectivity index (χ1) is 13.0. The summed E-state index contributed by atoms with van der Waals surface area (Å²) in [6.45, 7) is 3.57. The van der Waals surface area contributed by atoms with Gasteiger partial charge in [0.2, 0.25) is 5.91 Å². The van der Waals surface area contributed by atoms with E-state index in [4.69, 9.17) is 4.52 Å². The van der Waals surface area contributed by atoms with Crippen molar-refractivity contribution in [3.05, 3.63) is 64.2 Å². The lowest BCUT2D eigenvalue weighted by Crippen LogP contribution is -2.17. The van der Waals surface area contributed by atoms with E-state index in [0.29, 0.717) is 33.9 Å². The number of H-pyrrole nitrogens is 1. The van der Waals surface area contributed by atoms with E-state index in [1.165, 1.54) is 17.2 Å². The van der Waals surface area contributed by atoms with Gasteiger partial charge in [0, 0.05) is 5.56 Å². The van der Waals surface area contributed by atoms with Crippen molar-refractivity contribution < 1.29 is 9.32 Å². The first-order valence-corrected chi connectivity index (χ1v) is 8.27. The lowest BCUT2D eigenvalue weighted by atomic mass is 10.1. The average molecular weight is 364 g/mol. The fraction of sp³-hybridized carbons (Fsp3) is 0.167. The Kier molecular flexibility index (Phi) is 4.03. The molecule has 0 spiro atoms. The highest BCUT2D eigenvalue weighted by Gasteiger charge is 2.16. The Morgan fingerprint density at radius 3 is 2.89 bits per heavy atom. The third-order valence-electron chi connectivity index (χ3n) is 4.30. The Bertz CT molecular complexity index is 1180. The van der Waals surface area contributed by atoms with Crippen LogP contribution < -0.4 is 10.9 Å². The van der Waals surface area contributed by atoms with Gasteiger partial charge >= 0.3 is 0 Å². The predicted octanol–water partition coefficient (Wildman–Crippen LogP) is 1.89. The van der Waals surface area contributed by atoms with E-state index >= 15 is 0 Å². The number of fused-ring (bicyclic) bond motifs is 1. The van der Waals surface area contributed by atoms with E-state index in [0.717, 1.165) is 5.56 Å². The Morgan fingerprint density at radius 2 is 2.11 bits per heavy atom. The molecule has 9 nitrogen and oxygen atoms in total. The summed E-state index contributed by atoms with van der Waals surface area (Å²) in [5.41, 5.74) is 2.76. The summed E-state index contributed by atoms with van der Waals surface area (Å²) >= 11 is 0. The van der Waals surface area contributed by atoms with E-state index in [2.05, 4.69) is 25.5 Å². The fourth-order valence-electron chi connectivity index (χ4n) is 2.91. The number of aryl methyl sites for hydroxylation is 2. The van der Waals surface area contributed by atoms with Gasteiger partial charge in [0.1, 0.15) is 11.1 Å². The van der Waals surface area contributed by atoms with Crippen LogP contribution in [0.5, 0.6) is 0 Å². The highest BCUT2D eigenvalue weighted by Crippen LogP contribution is 2.23. The highest BCUT2D eigenvalue weighted by atomic mass is 16.5. The Hall–Kier alpha value is -3.75. The number of hydrogen-bond donors (Lipinski definition) is 2. The van der Waals surface area contributed by atoms with Gasteiger partial charge in [-0.1, -0.05) is 17.3 Å². The lowest BCUT2D eigenvalue weighted by molar-refractivity contribution is -0.115. The summed E-state index contributed by atoms with van der Waals surface area (Å²) in [5.74, 6) is 0.413. The maximum atomic E-state index is 12.5. The number of aromatic amines is 1. The second-order valence-electron chi connectivity index (χ2n) is 6.07. The molecule has 0 bridgehead atoms. The van der Waals surface area contributed by atoms with Gasteiger partial charge in [-0.3, -0.25) is 9.59 Å². The van der Waals surface area contributed by atoms with Crippen molar-refractivity contribution in [3.8, 4) is 5.69 Å². The Balaban J connectivity index is 1.68. The van der Waals surface area contributed by atoms with Gasteiger partial charge in [-0.05, 0) is 26.0 Å². The van der Waals surface area contributed by atoms with E-state index in [9.17, 15) is 9.59 Å². The Morgan fingerprint density at radius 1 is 1.30 bits per heavy atom. The van der Waals surface area contributed by atoms with Gasteiger partial charge in [-0.2, -0.15) is 5.10 Å². The maximum Gasteiger partial charge on any atom is 0.261 e. The van der Waals surface area contributed by atoms with Crippen LogP contribution in [-0.2, 0) is 11.2 Å². The molecule has 0 saturated carbocycles. The normalized spacial score (nSPS) is 11.0. The molecule has 0 unspecified atom stereocenters. The zero-order valence-corrected chi connectivity index (χ0v) is 14.7. The van der Waals surface area contributed by atoms with Crippen LogP contribution in [0, 0.1) is 13.8 Å². The summed E-state index contributed by atoms with van der Waals surface area (Å²) in [6.07, 6.45) is 2.92. The van der Waals surface area contributed by atoms with Crippen molar-refractivity contribution in [3.63, 3.8) is 0 Å². The molecular formula is C18H16N6O3. The monoisotopic (exact) mass is 364 g/mol. The smallest absolute Gasteiger partial charge is 0.261 e. The molecule has 3 heterocycles. The number of rotatable bonds is 4. The van der Waals surface area contributed by atoms with Gasteiger partial charge in [0.05, 0.1) is 36.0 Å². The number of carbonyl (C=O) groups excluding carboxylic acids is 1. The van der Waals surface area contributed by atoms with Crippen molar-refractivity contribution in [1.82, 2.24) is 24.9 Å². The molecule has 0 aliphatic carbocycles. The largest absolute Gasteiger partial charge is 0.361 e. The second-order valence-corrected chi connectivity index (χ2v) is 6.07. The zero-order valence-electron chi connectivity index (χ0n) is 14.7. The van der Waals surface area contributed by atoms with Gasteiger partial charge in [-0.15, -0.1) is 0 Å². The molecule has 1 aromatic carbocycles. The number of nitrogens with one attached hydrogen (secondary N) is 2. The molecule has 0 aliphatic rings. The van der Waals surface area contributed by atoms with Crippen molar-refractivity contribution in [1.29, 1.82) is 0 Å². The van der Waals surface area contributed by atoms with Gasteiger partial charge in [0.25, 0.3) is 5.56 Å². The first-order valence-electron chi connectivity index (χ1n) is 8.27. The first kappa shape index (κ1) is 16.7. The van der Waals surface area contributed by atoms with Crippen LogP contribution in [0.25, 0.3) is 16.7 Å². The number of aromatic nitrogens is 5. The number of nitrogens with zero attached hydrogens (tertiary/aromatic N) is 4. The molecule has 27 heavy (non-hydrogen) atoms. The molecule has 3 aromatic heterocycles. The SMILES string of the molecule is Cc1noc(C)c1CC(=O)Nc1ccccc1-n1ncc2c(=O)[nH]cnc21. The van der Waals surface area contributed by atoms with Crippen LogP contribution >= 0.6 is 0 Å². The maximum absolute atomic E-state index is 12.5. The molecule has 136 valence electrons. The highest BCUT2D eigenvalue weighted by molar-refractivity contribution is 5.94. The summed E-state index contributed by atoms with van der Waals surface area (Å²) in [6, 6.07) is 7.18. The molecule has 2 N–H and O–H groups in total. The van der Waals surface area contributed by atoms with Gasteiger partial charge in [-0.25, -0.2) is 9.67 Å². The Labute approximate surface area is 153 Å². The molecule has 0 atom stereocenters. The number of amides is 1. The van der Waals surface area contributed by atoms with Crippen molar-refractivity contribution in [2.75, 3.05) is 5.32 Å². The van der Waals surface area contributed by atoms with Crippen LogP contribution in [0.15, 0.2) is 46.1 Å². The zero-order chi connectivity index (χ0) is 19.0. The van der Waals surface area contributed by atoms with Crippen LogP contribution in [0.4, 0.5) is 5.69 Å². The van der Waals surface area contributed by atoms with Gasteiger partial charge < -0.3 is 14.8 Å². The minimum atomic E-state index is -0.272. The molecule has 4 rings (SSSR count). The van der Waals surface area contributed by atoms with Crippen LogP contribution in [0.3, 0.4) is 0 Å². The summed E-state index contributed by atoms with van der Waals surface area (Å²) in [5, 5.41) is 11.4. The van der Waals surface area contributed by atoms with Crippen molar-refractivity contribution in [2.45, 2.75) is 20.3 Å². The van der Waals surface area contributed by atoms with E-state index in [-0.39, 0.29) is 17.9 Å². The predicted molar refractivity (Wildman–Crippen MR) is 97.8 cm³/mol. The second kappa shape index (κ2) is 6.52. The molecular weight excluding hydrogens is 348 g/mol.